The number of nitrogens with zero attached hydrogens (tertiary/aromatic N) is 2. The lowest BCUT2D eigenvalue weighted by atomic mass is 9.55. The lowest BCUT2D eigenvalue weighted by molar-refractivity contribution is 0.0673. The van der Waals surface area contributed by atoms with Gasteiger partial charge in [-0.25, -0.2) is 0 Å². The Morgan fingerprint density at radius 1 is 1.04 bits per heavy atom. The molecular formula is C21H26N2O. The van der Waals surface area contributed by atoms with E-state index in [1.807, 2.05) is 0 Å². The van der Waals surface area contributed by atoms with Crippen LogP contribution < -0.4 is 0 Å². The lowest BCUT2D eigenvalue weighted by Gasteiger charge is -2.51. The van der Waals surface area contributed by atoms with E-state index in [2.05, 4.69) is 47.4 Å². The van der Waals surface area contributed by atoms with Crippen molar-refractivity contribution in [3.63, 3.8) is 0 Å². The molecule has 0 radical (unpaired) electrons. The van der Waals surface area contributed by atoms with Gasteiger partial charge in [-0.1, -0.05) is 42.5 Å². The number of benzene rings is 1. The summed E-state index contributed by atoms with van der Waals surface area (Å²) in [5.74, 6) is 3.18. The van der Waals surface area contributed by atoms with Crippen molar-refractivity contribution in [1.82, 2.24) is 4.90 Å². The number of fused-ring (bicyclic) bond motifs is 1. The van der Waals surface area contributed by atoms with Gasteiger partial charge in [0.05, 0.1) is 24.6 Å². The quantitative estimate of drug-likeness (QED) is 0.738. The van der Waals surface area contributed by atoms with Gasteiger partial charge in [0, 0.05) is 31.3 Å². The second-order valence-electron chi connectivity index (χ2n) is 7.74. The number of hydrogen-bond donors (Lipinski definition) is 0. The molecule has 1 aromatic carbocycles. The van der Waals surface area contributed by atoms with Gasteiger partial charge in [0.15, 0.2) is 0 Å². The van der Waals surface area contributed by atoms with Crippen LogP contribution in [0.1, 0.15) is 37.2 Å². The minimum Gasteiger partial charge on any atom is -0.378 e. The fourth-order valence-corrected chi connectivity index (χ4v) is 5.54. The first kappa shape index (κ1) is 14.7. The van der Waals surface area contributed by atoms with Gasteiger partial charge in [-0.15, -0.1) is 0 Å². The molecule has 4 atom stereocenters. The zero-order chi connectivity index (χ0) is 16.0. The van der Waals surface area contributed by atoms with Crippen LogP contribution in [0.2, 0.25) is 0 Å². The largest absolute Gasteiger partial charge is 0.378 e. The summed E-state index contributed by atoms with van der Waals surface area (Å²) in [5.41, 5.74) is 1.59. The number of aliphatic imine (C=N–C) groups is 1. The van der Waals surface area contributed by atoms with Crippen molar-refractivity contribution in [2.45, 2.75) is 37.1 Å². The third-order valence-corrected chi connectivity index (χ3v) is 6.63. The topological polar surface area (TPSA) is 24.8 Å². The Morgan fingerprint density at radius 3 is 2.62 bits per heavy atom. The van der Waals surface area contributed by atoms with Crippen LogP contribution in [0.25, 0.3) is 0 Å². The van der Waals surface area contributed by atoms with Crippen LogP contribution in [-0.4, -0.2) is 42.6 Å². The first-order chi connectivity index (χ1) is 11.9. The van der Waals surface area contributed by atoms with E-state index in [9.17, 15) is 0 Å². The highest BCUT2D eigenvalue weighted by Gasteiger charge is 2.55. The Balaban J connectivity index is 1.54. The molecule has 0 amide bonds. The highest BCUT2D eigenvalue weighted by atomic mass is 16.5. The molecule has 3 nitrogen and oxygen atoms in total. The summed E-state index contributed by atoms with van der Waals surface area (Å²) in [6.07, 6.45) is 9.96. The number of ether oxygens (including phenoxy) is 1. The van der Waals surface area contributed by atoms with E-state index in [4.69, 9.17) is 9.73 Å². The van der Waals surface area contributed by atoms with E-state index in [-0.39, 0.29) is 5.54 Å². The highest BCUT2D eigenvalue weighted by molar-refractivity contribution is 5.85. The molecule has 24 heavy (non-hydrogen) atoms. The van der Waals surface area contributed by atoms with Gasteiger partial charge in [0.1, 0.15) is 0 Å². The van der Waals surface area contributed by atoms with Crippen molar-refractivity contribution in [2.75, 3.05) is 26.3 Å². The maximum Gasteiger partial charge on any atom is 0.0998 e. The predicted octanol–water partition coefficient (Wildman–Crippen LogP) is 3.63. The molecule has 4 unspecified atom stereocenters. The number of hydrogen-bond acceptors (Lipinski definition) is 3. The molecule has 1 aromatic rings. The van der Waals surface area contributed by atoms with Gasteiger partial charge in [-0.2, -0.15) is 0 Å². The molecule has 0 aromatic heterocycles. The minimum atomic E-state index is 0.104. The van der Waals surface area contributed by atoms with E-state index >= 15 is 0 Å². The first-order valence-electron chi connectivity index (χ1n) is 9.51. The summed E-state index contributed by atoms with van der Waals surface area (Å²) in [4.78, 5) is 7.96. The van der Waals surface area contributed by atoms with Crippen LogP contribution in [0.15, 0.2) is 47.5 Å². The Morgan fingerprint density at radius 2 is 1.88 bits per heavy atom. The second-order valence-corrected chi connectivity index (χ2v) is 7.74. The van der Waals surface area contributed by atoms with Gasteiger partial charge < -0.3 is 9.64 Å². The third-order valence-electron chi connectivity index (χ3n) is 6.63. The molecule has 126 valence electrons. The standard InChI is InChI=1S/C21H26N2O/c1-2-4-16(5-3-1)20-17-6-8-18(9-7-17)21(20)11-10-19(22-21)23-12-14-24-15-13-23/h1-6,8,17-18,20H,7,9-15H2. The van der Waals surface area contributed by atoms with Crippen LogP contribution in [0.3, 0.4) is 0 Å². The van der Waals surface area contributed by atoms with Crippen molar-refractivity contribution in [1.29, 1.82) is 0 Å². The van der Waals surface area contributed by atoms with E-state index in [1.54, 1.807) is 0 Å². The van der Waals surface area contributed by atoms with Crippen LogP contribution in [0, 0.1) is 11.8 Å². The number of amidine groups is 1. The smallest absolute Gasteiger partial charge is 0.0998 e. The molecule has 6 rings (SSSR count). The Kier molecular flexibility index (Phi) is 3.51. The van der Waals surface area contributed by atoms with E-state index in [0.29, 0.717) is 17.8 Å². The maximum atomic E-state index is 5.53. The second kappa shape index (κ2) is 5.73. The number of allylic oxidation sites excluding steroid dienone is 1. The van der Waals surface area contributed by atoms with Crippen LogP contribution in [0.5, 0.6) is 0 Å². The Bertz CT molecular complexity index is 662. The zero-order valence-corrected chi connectivity index (χ0v) is 14.2. The first-order valence-corrected chi connectivity index (χ1v) is 9.51. The summed E-state index contributed by atoms with van der Waals surface area (Å²) >= 11 is 0. The molecule has 3 heteroatoms. The monoisotopic (exact) mass is 322 g/mol. The number of morpholine rings is 1. The van der Waals surface area contributed by atoms with Gasteiger partial charge in [0.25, 0.3) is 0 Å². The Labute approximate surface area is 144 Å². The van der Waals surface area contributed by atoms with Crippen molar-refractivity contribution < 1.29 is 4.74 Å². The molecule has 0 N–H and O–H groups in total. The summed E-state index contributed by atoms with van der Waals surface area (Å²) in [5, 5.41) is 0. The maximum absolute atomic E-state index is 5.53. The zero-order valence-electron chi connectivity index (χ0n) is 14.2. The summed E-state index contributed by atoms with van der Waals surface area (Å²) in [6.45, 7) is 3.71. The van der Waals surface area contributed by atoms with Gasteiger partial charge in [-0.05, 0) is 30.7 Å². The van der Waals surface area contributed by atoms with E-state index < -0.39 is 0 Å². The molecule has 1 saturated carbocycles. The fraction of sp³-hybridized carbons (Fsp3) is 0.571. The van der Waals surface area contributed by atoms with Crippen molar-refractivity contribution in [3.8, 4) is 0 Å². The molecule has 3 aliphatic carbocycles. The normalized spacial score (nSPS) is 37.9. The van der Waals surface area contributed by atoms with Crippen molar-refractivity contribution >= 4 is 5.84 Å². The minimum absolute atomic E-state index is 0.104. The van der Waals surface area contributed by atoms with Crippen molar-refractivity contribution in [2.24, 2.45) is 16.8 Å². The molecule has 2 aliphatic heterocycles. The average molecular weight is 322 g/mol. The summed E-state index contributed by atoms with van der Waals surface area (Å²) in [6, 6.07) is 11.2. The van der Waals surface area contributed by atoms with Crippen molar-refractivity contribution in [3.05, 3.63) is 48.0 Å². The lowest BCUT2D eigenvalue weighted by Crippen LogP contribution is -2.49. The Hall–Kier alpha value is -1.61. The third kappa shape index (κ3) is 2.17. The molecular weight excluding hydrogens is 296 g/mol. The predicted molar refractivity (Wildman–Crippen MR) is 96.3 cm³/mol. The van der Waals surface area contributed by atoms with Gasteiger partial charge in [-0.3, -0.25) is 4.99 Å². The molecule has 2 fully saturated rings. The van der Waals surface area contributed by atoms with Gasteiger partial charge in [0.2, 0.25) is 0 Å². The van der Waals surface area contributed by atoms with Gasteiger partial charge >= 0.3 is 0 Å². The van der Waals surface area contributed by atoms with Crippen LogP contribution >= 0.6 is 0 Å². The van der Waals surface area contributed by atoms with E-state index in [0.717, 1.165) is 32.7 Å². The molecule has 5 aliphatic rings. The average Bonchev–Trinajstić information content (AvgIpc) is 3.09. The van der Waals surface area contributed by atoms with Crippen LogP contribution in [-0.2, 0) is 4.74 Å². The fourth-order valence-electron chi connectivity index (χ4n) is 5.54. The van der Waals surface area contributed by atoms with Crippen LogP contribution in [0.4, 0.5) is 0 Å². The molecule has 1 spiro atoms. The molecule has 1 saturated heterocycles. The number of rotatable bonds is 1. The summed E-state index contributed by atoms with van der Waals surface area (Å²) < 4.78 is 5.53. The molecule has 2 bridgehead atoms. The summed E-state index contributed by atoms with van der Waals surface area (Å²) in [7, 11) is 0. The van der Waals surface area contributed by atoms with E-state index in [1.165, 1.54) is 30.7 Å². The molecule has 2 heterocycles. The highest BCUT2D eigenvalue weighted by Crippen LogP contribution is 2.58. The SMILES string of the molecule is C1=CC2CCC1C(c1ccccc1)C21CCC(N2CCOCC2)=N1.